The predicted molar refractivity (Wildman–Crippen MR) is 82.8 cm³/mol. The van der Waals surface area contributed by atoms with Crippen molar-refractivity contribution < 1.29 is 14.7 Å². The highest BCUT2D eigenvalue weighted by Crippen LogP contribution is 2.34. The maximum Gasteiger partial charge on any atom is 0.331 e. The molecule has 110 valence electrons. The molecule has 21 heavy (non-hydrogen) atoms. The molecule has 0 aliphatic carbocycles. The number of fused-ring (bicyclic) bond motifs is 1. The van der Waals surface area contributed by atoms with Gasteiger partial charge in [0.05, 0.1) is 0 Å². The standard InChI is InChI=1S/C15H15NO3S2/c17-13(4-3-10-2-1-8-20-10)16-7-5-12-11(6-9-21-12)14(16)15(18)19/h1-2,6,8-9,14H,3-5,7H2,(H,18,19). The van der Waals surface area contributed by atoms with Gasteiger partial charge in [-0.05, 0) is 41.3 Å². The lowest BCUT2D eigenvalue weighted by molar-refractivity contribution is -0.151. The van der Waals surface area contributed by atoms with Crippen molar-refractivity contribution in [3.8, 4) is 0 Å². The molecule has 0 fully saturated rings. The molecule has 6 heteroatoms. The van der Waals surface area contributed by atoms with Crippen molar-refractivity contribution in [1.82, 2.24) is 4.90 Å². The van der Waals surface area contributed by atoms with Gasteiger partial charge in [-0.2, -0.15) is 0 Å². The van der Waals surface area contributed by atoms with Crippen LogP contribution in [-0.4, -0.2) is 28.4 Å². The summed E-state index contributed by atoms with van der Waals surface area (Å²) in [7, 11) is 0. The van der Waals surface area contributed by atoms with Crippen molar-refractivity contribution in [1.29, 1.82) is 0 Å². The minimum absolute atomic E-state index is 0.0762. The van der Waals surface area contributed by atoms with E-state index in [2.05, 4.69) is 0 Å². The molecule has 2 aromatic rings. The van der Waals surface area contributed by atoms with E-state index in [-0.39, 0.29) is 5.91 Å². The Morgan fingerprint density at radius 3 is 2.86 bits per heavy atom. The van der Waals surface area contributed by atoms with E-state index < -0.39 is 12.0 Å². The molecule has 1 atom stereocenters. The number of aliphatic carboxylic acids is 1. The monoisotopic (exact) mass is 321 g/mol. The maximum atomic E-state index is 12.4. The van der Waals surface area contributed by atoms with Crippen molar-refractivity contribution in [2.24, 2.45) is 0 Å². The largest absolute Gasteiger partial charge is 0.479 e. The van der Waals surface area contributed by atoms with Gasteiger partial charge < -0.3 is 10.0 Å². The van der Waals surface area contributed by atoms with Gasteiger partial charge in [-0.3, -0.25) is 4.79 Å². The molecule has 4 nitrogen and oxygen atoms in total. The Labute approximate surface area is 130 Å². The zero-order valence-corrected chi connectivity index (χ0v) is 13.0. The van der Waals surface area contributed by atoms with Crippen molar-refractivity contribution in [3.63, 3.8) is 0 Å². The number of carbonyl (C=O) groups excluding carboxylic acids is 1. The van der Waals surface area contributed by atoms with E-state index in [0.717, 1.165) is 21.7 Å². The smallest absolute Gasteiger partial charge is 0.331 e. The van der Waals surface area contributed by atoms with E-state index in [4.69, 9.17) is 0 Å². The van der Waals surface area contributed by atoms with E-state index in [1.165, 1.54) is 4.90 Å². The molecule has 0 bridgehead atoms. The first-order valence-corrected chi connectivity index (χ1v) is 8.53. The van der Waals surface area contributed by atoms with Gasteiger partial charge in [-0.15, -0.1) is 22.7 Å². The quantitative estimate of drug-likeness (QED) is 0.942. The highest BCUT2D eigenvalue weighted by Gasteiger charge is 2.36. The number of amides is 1. The van der Waals surface area contributed by atoms with Crippen LogP contribution in [0, 0.1) is 0 Å². The van der Waals surface area contributed by atoms with Gasteiger partial charge in [0, 0.05) is 22.7 Å². The highest BCUT2D eigenvalue weighted by molar-refractivity contribution is 7.10. The minimum atomic E-state index is -0.946. The second-order valence-corrected chi connectivity index (χ2v) is 6.99. The van der Waals surface area contributed by atoms with E-state index in [1.54, 1.807) is 22.7 Å². The Balaban J connectivity index is 1.74. The van der Waals surface area contributed by atoms with E-state index in [0.29, 0.717) is 19.4 Å². The summed E-state index contributed by atoms with van der Waals surface area (Å²) >= 11 is 3.20. The third-order valence-corrected chi connectivity index (χ3v) is 5.62. The van der Waals surface area contributed by atoms with Crippen LogP contribution < -0.4 is 0 Å². The summed E-state index contributed by atoms with van der Waals surface area (Å²) < 4.78 is 0. The first-order chi connectivity index (χ1) is 10.2. The molecule has 1 aliphatic rings. The summed E-state index contributed by atoms with van der Waals surface area (Å²) in [6.45, 7) is 0.494. The van der Waals surface area contributed by atoms with Crippen LogP contribution in [0.4, 0.5) is 0 Å². The lowest BCUT2D eigenvalue weighted by Gasteiger charge is -2.33. The van der Waals surface area contributed by atoms with Gasteiger partial charge in [-0.1, -0.05) is 6.07 Å². The van der Waals surface area contributed by atoms with Crippen LogP contribution in [0.1, 0.15) is 27.8 Å². The number of hydrogen-bond acceptors (Lipinski definition) is 4. The molecule has 3 rings (SSSR count). The second-order valence-electron chi connectivity index (χ2n) is 4.96. The zero-order valence-electron chi connectivity index (χ0n) is 11.3. The SMILES string of the molecule is O=C(O)C1c2ccsc2CCN1C(=O)CCc1cccs1. The molecule has 0 spiro atoms. The molecular formula is C15H15NO3S2. The number of rotatable bonds is 4. The number of aryl methyl sites for hydroxylation is 1. The first kappa shape index (κ1) is 14.3. The summed E-state index contributed by atoms with van der Waals surface area (Å²) in [5.41, 5.74) is 0.781. The van der Waals surface area contributed by atoms with Crippen molar-refractivity contribution in [2.75, 3.05) is 6.54 Å². The van der Waals surface area contributed by atoms with Gasteiger partial charge in [0.25, 0.3) is 0 Å². The molecule has 2 aromatic heterocycles. The average molecular weight is 321 g/mol. The van der Waals surface area contributed by atoms with Crippen LogP contribution in [0.15, 0.2) is 29.0 Å². The fraction of sp³-hybridized carbons (Fsp3) is 0.333. The lowest BCUT2D eigenvalue weighted by Crippen LogP contribution is -2.43. The number of thiophene rings is 2. The van der Waals surface area contributed by atoms with Crippen LogP contribution in [-0.2, 0) is 22.4 Å². The third kappa shape index (κ3) is 2.87. The van der Waals surface area contributed by atoms with Gasteiger partial charge in [0.15, 0.2) is 6.04 Å². The van der Waals surface area contributed by atoms with E-state index in [1.807, 2.05) is 29.0 Å². The van der Waals surface area contributed by atoms with Crippen LogP contribution >= 0.6 is 22.7 Å². The lowest BCUT2D eigenvalue weighted by atomic mass is 9.99. The average Bonchev–Trinajstić information content (AvgIpc) is 3.14. The molecule has 1 unspecified atom stereocenters. The first-order valence-electron chi connectivity index (χ1n) is 6.77. The Bertz CT molecular complexity index is 648. The van der Waals surface area contributed by atoms with Gasteiger partial charge in [0.2, 0.25) is 5.91 Å². The number of hydrogen-bond donors (Lipinski definition) is 1. The van der Waals surface area contributed by atoms with E-state index in [9.17, 15) is 14.7 Å². The number of nitrogens with zero attached hydrogens (tertiary/aromatic N) is 1. The maximum absolute atomic E-state index is 12.4. The summed E-state index contributed by atoms with van der Waals surface area (Å²) in [5.74, 6) is -1.02. The fourth-order valence-electron chi connectivity index (χ4n) is 2.68. The van der Waals surface area contributed by atoms with Gasteiger partial charge in [-0.25, -0.2) is 4.79 Å². The Morgan fingerprint density at radius 1 is 1.29 bits per heavy atom. The topological polar surface area (TPSA) is 57.6 Å². The molecule has 0 aromatic carbocycles. The van der Waals surface area contributed by atoms with Crippen LogP contribution in [0.25, 0.3) is 0 Å². The number of carbonyl (C=O) groups is 2. The van der Waals surface area contributed by atoms with E-state index >= 15 is 0 Å². The Morgan fingerprint density at radius 2 is 2.14 bits per heavy atom. The van der Waals surface area contributed by atoms with Crippen LogP contribution in [0.5, 0.6) is 0 Å². The molecule has 0 saturated heterocycles. The number of carboxylic acid groups (broad SMARTS) is 1. The molecule has 1 aliphatic heterocycles. The summed E-state index contributed by atoms with van der Waals surface area (Å²) in [6.07, 6.45) is 1.79. The number of carboxylic acids is 1. The normalized spacial score (nSPS) is 17.5. The highest BCUT2D eigenvalue weighted by atomic mass is 32.1. The molecule has 1 N–H and O–H groups in total. The van der Waals surface area contributed by atoms with Crippen molar-refractivity contribution >= 4 is 34.6 Å². The second kappa shape index (κ2) is 5.99. The Kier molecular flexibility index (Phi) is 4.07. The van der Waals surface area contributed by atoms with Crippen LogP contribution in [0.2, 0.25) is 0 Å². The van der Waals surface area contributed by atoms with Crippen molar-refractivity contribution in [2.45, 2.75) is 25.3 Å². The zero-order chi connectivity index (χ0) is 14.8. The molecule has 0 saturated carbocycles. The van der Waals surface area contributed by atoms with Gasteiger partial charge >= 0.3 is 5.97 Å². The fourth-order valence-corrected chi connectivity index (χ4v) is 4.29. The molecule has 1 amide bonds. The minimum Gasteiger partial charge on any atom is -0.479 e. The Hall–Kier alpha value is -1.66. The molecule has 0 radical (unpaired) electrons. The third-order valence-electron chi connectivity index (χ3n) is 3.69. The summed E-state index contributed by atoms with van der Waals surface area (Å²) in [5, 5.41) is 13.4. The summed E-state index contributed by atoms with van der Waals surface area (Å²) in [4.78, 5) is 27.7. The predicted octanol–water partition coefficient (Wildman–Crippen LogP) is 2.95. The molecule has 3 heterocycles. The molecular weight excluding hydrogens is 306 g/mol. The van der Waals surface area contributed by atoms with Crippen molar-refractivity contribution in [3.05, 3.63) is 44.3 Å². The van der Waals surface area contributed by atoms with Crippen LogP contribution in [0.3, 0.4) is 0 Å². The van der Waals surface area contributed by atoms with Gasteiger partial charge in [0.1, 0.15) is 0 Å². The summed E-state index contributed by atoms with van der Waals surface area (Å²) in [6, 6.07) is 4.97.